The average Bonchev–Trinajstić information content (AvgIpc) is 2.37. The van der Waals surface area contributed by atoms with Crippen LogP contribution in [0.25, 0.3) is 0 Å². The van der Waals surface area contributed by atoms with E-state index in [0.29, 0.717) is 26.1 Å². The fourth-order valence-corrected chi connectivity index (χ4v) is 1.99. The van der Waals surface area contributed by atoms with Crippen molar-refractivity contribution in [3.8, 4) is 11.5 Å². The third-order valence-electron chi connectivity index (χ3n) is 3.25. The Hall–Kier alpha value is -1.22. The first-order valence-corrected chi connectivity index (χ1v) is 5.82. The standard InChI is InChI=1S/C13H18O3/c1-3-13(14,4-2)10-5-6-11-12(9-10)16-8-7-15-11/h5-6,9,14H,3-4,7-8H2,1-2H3. The Labute approximate surface area is 96.0 Å². The van der Waals surface area contributed by atoms with Crippen LogP contribution < -0.4 is 9.47 Å². The summed E-state index contributed by atoms with van der Waals surface area (Å²) in [6, 6.07) is 5.68. The number of benzene rings is 1. The lowest BCUT2D eigenvalue weighted by molar-refractivity contribution is 0.0278. The van der Waals surface area contributed by atoms with Crippen LogP contribution >= 0.6 is 0 Å². The molecule has 0 saturated heterocycles. The van der Waals surface area contributed by atoms with Gasteiger partial charge in [-0.25, -0.2) is 0 Å². The molecule has 2 rings (SSSR count). The second-order valence-electron chi connectivity index (χ2n) is 4.10. The predicted molar refractivity (Wildman–Crippen MR) is 61.9 cm³/mol. The van der Waals surface area contributed by atoms with Gasteiger partial charge < -0.3 is 14.6 Å². The molecule has 0 bridgehead atoms. The van der Waals surface area contributed by atoms with Gasteiger partial charge in [-0.2, -0.15) is 0 Å². The minimum absolute atomic E-state index is 0.577. The van der Waals surface area contributed by atoms with E-state index in [1.165, 1.54) is 0 Å². The van der Waals surface area contributed by atoms with E-state index in [-0.39, 0.29) is 0 Å². The molecular weight excluding hydrogens is 204 g/mol. The van der Waals surface area contributed by atoms with Gasteiger partial charge in [0, 0.05) is 0 Å². The SMILES string of the molecule is CCC(O)(CC)c1ccc2c(c1)OCCO2. The van der Waals surface area contributed by atoms with Gasteiger partial charge in [0.2, 0.25) is 0 Å². The summed E-state index contributed by atoms with van der Waals surface area (Å²) in [4.78, 5) is 0. The van der Waals surface area contributed by atoms with Crippen molar-refractivity contribution < 1.29 is 14.6 Å². The van der Waals surface area contributed by atoms with E-state index < -0.39 is 5.60 Å². The lowest BCUT2D eigenvalue weighted by atomic mass is 9.88. The number of fused-ring (bicyclic) bond motifs is 1. The Morgan fingerprint density at radius 2 is 1.75 bits per heavy atom. The fraction of sp³-hybridized carbons (Fsp3) is 0.538. The highest BCUT2D eigenvalue weighted by molar-refractivity contribution is 5.45. The molecule has 0 saturated carbocycles. The molecule has 0 fully saturated rings. The van der Waals surface area contributed by atoms with Crippen LogP contribution in [0.1, 0.15) is 32.3 Å². The molecule has 88 valence electrons. The molecule has 1 aromatic carbocycles. The molecule has 1 aromatic rings. The molecule has 0 amide bonds. The summed E-state index contributed by atoms with van der Waals surface area (Å²) in [5.41, 5.74) is 0.150. The number of ether oxygens (including phenoxy) is 2. The number of rotatable bonds is 3. The molecule has 3 heteroatoms. The predicted octanol–water partition coefficient (Wildman–Crippen LogP) is 2.47. The van der Waals surface area contributed by atoms with Gasteiger partial charge in [-0.3, -0.25) is 0 Å². The Morgan fingerprint density at radius 1 is 1.12 bits per heavy atom. The van der Waals surface area contributed by atoms with Gasteiger partial charge >= 0.3 is 0 Å². The molecule has 0 spiro atoms. The van der Waals surface area contributed by atoms with Gasteiger partial charge in [0.05, 0.1) is 5.60 Å². The molecular formula is C13H18O3. The van der Waals surface area contributed by atoms with E-state index in [4.69, 9.17) is 9.47 Å². The van der Waals surface area contributed by atoms with Gasteiger partial charge in [-0.05, 0) is 30.5 Å². The summed E-state index contributed by atoms with van der Waals surface area (Å²) in [7, 11) is 0. The Bertz CT molecular complexity index is 369. The van der Waals surface area contributed by atoms with Crippen LogP contribution in [0, 0.1) is 0 Å². The Morgan fingerprint density at radius 3 is 2.38 bits per heavy atom. The summed E-state index contributed by atoms with van der Waals surface area (Å²) < 4.78 is 11.0. The third-order valence-corrected chi connectivity index (χ3v) is 3.25. The molecule has 1 aliphatic heterocycles. The van der Waals surface area contributed by atoms with Crippen molar-refractivity contribution in [1.82, 2.24) is 0 Å². The van der Waals surface area contributed by atoms with E-state index in [0.717, 1.165) is 17.1 Å². The summed E-state index contributed by atoms with van der Waals surface area (Å²) in [6.07, 6.45) is 1.40. The molecule has 3 nitrogen and oxygen atoms in total. The van der Waals surface area contributed by atoms with Crippen LogP contribution in [-0.4, -0.2) is 18.3 Å². The van der Waals surface area contributed by atoms with Gasteiger partial charge in [0.15, 0.2) is 11.5 Å². The minimum Gasteiger partial charge on any atom is -0.486 e. The largest absolute Gasteiger partial charge is 0.486 e. The van der Waals surface area contributed by atoms with Gasteiger partial charge in [-0.1, -0.05) is 19.9 Å². The molecule has 1 aliphatic rings. The van der Waals surface area contributed by atoms with Crippen molar-refractivity contribution >= 4 is 0 Å². The van der Waals surface area contributed by atoms with Crippen LogP contribution in [-0.2, 0) is 5.60 Å². The van der Waals surface area contributed by atoms with Crippen molar-refractivity contribution in [1.29, 1.82) is 0 Å². The highest BCUT2D eigenvalue weighted by Gasteiger charge is 2.26. The number of hydrogen-bond donors (Lipinski definition) is 1. The van der Waals surface area contributed by atoms with E-state index >= 15 is 0 Å². The second-order valence-corrected chi connectivity index (χ2v) is 4.10. The van der Waals surface area contributed by atoms with E-state index in [9.17, 15) is 5.11 Å². The van der Waals surface area contributed by atoms with E-state index in [2.05, 4.69) is 0 Å². The van der Waals surface area contributed by atoms with E-state index in [1.54, 1.807) is 0 Å². The first kappa shape index (κ1) is 11.3. The minimum atomic E-state index is -0.754. The van der Waals surface area contributed by atoms with Crippen molar-refractivity contribution in [2.24, 2.45) is 0 Å². The average molecular weight is 222 g/mol. The fourth-order valence-electron chi connectivity index (χ4n) is 1.99. The lowest BCUT2D eigenvalue weighted by Gasteiger charge is -2.27. The molecule has 0 radical (unpaired) electrons. The Balaban J connectivity index is 2.36. The van der Waals surface area contributed by atoms with Gasteiger partial charge in [0.25, 0.3) is 0 Å². The maximum Gasteiger partial charge on any atom is 0.161 e. The third kappa shape index (κ3) is 1.87. The highest BCUT2D eigenvalue weighted by Crippen LogP contribution is 2.36. The maximum absolute atomic E-state index is 10.4. The molecule has 0 aliphatic carbocycles. The highest BCUT2D eigenvalue weighted by atomic mass is 16.6. The van der Waals surface area contributed by atoms with Crippen LogP contribution in [0.5, 0.6) is 11.5 Å². The smallest absolute Gasteiger partial charge is 0.161 e. The van der Waals surface area contributed by atoms with Crippen LogP contribution in [0.3, 0.4) is 0 Å². The van der Waals surface area contributed by atoms with Crippen LogP contribution in [0.15, 0.2) is 18.2 Å². The monoisotopic (exact) mass is 222 g/mol. The lowest BCUT2D eigenvalue weighted by Crippen LogP contribution is -2.24. The topological polar surface area (TPSA) is 38.7 Å². The number of hydrogen-bond acceptors (Lipinski definition) is 3. The van der Waals surface area contributed by atoms with Crippen LogP contribution in [0.4, 0.5) is 0 Å². The molecule has 0 unspecified atom stereocenters. The van der Waals surface area contributed by atoms with Crippen LogP contribution in [0.2, 0.25) is 0 Å². The number of aliphatic hydroxyl groups is 1. The molecule has 0 aromatic heterocycles. The summed E-state index contributed by atoms with van der Waals surface area (Å²) in [6.45, 7) is 5.14. The zero-order chi connectivity index (χ0) is 11.6. The van der Waals surface area contributed by atoms with Crippen molar-refractivity contribution in [3.05, 3.63) is 23.8 Å². The molecule has 16 heavy (non-hydrogen) atoms. The molecule has 0 atom stereocenters. The Kier molecular flexibility index (Phi) is 3.06. The summed E-state index contributed by atoms with van der Waals surface area (Å²) in [5, 5.41) is 10.4. The summed E-state index contributed by atoms with van der Waals surface area (Å²) >= 11 is 0. The first-order chi connectivity index (χ1) is 7.69. The normalized spacial score (nSPS) is 14.9. The second kappa shape index (κ2) is 4.34. The van der Waals surface area contributed by atoms with Crippen molar-refractivity contribution in [2.75, 3.05) is 13.2 Å². The van der Waals surface area contributed by atoms with E-state index in [1.807, 2.05) is 32.0 Å². The molecule has 1 heterocycles. The first-order valence-electron chi connectivity index (χ1n) is 5.82. The van der Waals surface area contributed by atoms with Crippen molar-refractivity contribution in [3.63, 3.8) is 0 Å². The zero-order valence-electron chi connectivity index (χ0n) is 9.82. The van der Waals surface area contributed by atoms with Gasteiger partial charge in [-0.15, -0.1) is 0 Å². The zero-order valence-corrected chi connectivity index (χ0v) is 9.82. The molecule has 1 N–H and O–H groups in total. The van der Waals surface area contributed by atoms with Gasteiger partial charge in [0.1, 0.15) is 13.2 Å². The quantitative estimate of drug-likeness (QED) is 0.853. The van der Waals surface area contributed by atoms with Crippen molar-refractivity contribution in [2.45, 2.75) is 32.3 Å². The maximum atomic E-state index is 10.4. The summed E-state index contributed by atoms with van der Waals surface area (Å²) in [5.74, 6) is 1.51.